The molecule has 1 aromatic rings. The van der Waals surface area contributed by atoms with E-state index in [2.05, 4.69) is 35.8 Å². The smallest absolute Gasteiger partial charge is 0.0296 e. The van der Waals surface area contributed by atoms with Gasteiger partial charge >= 0.3 is 0 Å². The van der Waals surface area contributed by atoms with Crippen molar-refractivity contribution in [3.63, 3.8) is 0 Å². The van der Waals surface area contributed by atoms with Crippen molar-refractivity contribution in [2.24, 2.45) is 0 Å². The Morgan fingerprint density at radius 3 is 3.15 bits per heavy atom. The number of hydrogen-bond acceptors (Lipinski definition) is 2. The van der Waals surface area contributed by atoms with Gasteiger partial charge in [0.2, 0.25) is 0 Å². The van der Waals surface area contributed by atoms with Crippen LogP contribution in [0, 0.1) is 6.92 Å². The van der Waals surface area contributed by atoms with Crippen molar-refractivity contribution in [2.75, 3.05) is 6.54 Å². The van der Waals surface area contributed by atoms with Gasteiger partial charge in [-0.1, -0.05) is 6.08 Å². The van der Waals surface area contributed by atoms with Gasteiger partial charge in [-0.2, -0.15) is 0 Å². The summed E-state index contributed by atoms with van der Waals surface area (Å²) >= 11 is 1.82. The van der Waals surface area contributed by atoms with Gasteiger partial charge in [0, 0.05) is 10.9 Å². The molecule has 1 aliphatic heterocycles. The van der Waals surface area contributed by atoms with Gasteiger partial charge in [0.25, 0.3) is 0 Å². The summed E-state index contributed by atoms with van der Waals surface area (Å²) in [5.41, 5.74) is 1.39. The van der Waals surface area contributed by atoms with Crippen molar-refractivity contribution >= 4 is 17.4 Å². The average molecular weight is 193 g/mol. The van der Waals surface area contributed by atoms with Crippen LogP contribution in [0.15, 0.2) is 17.5 Å². The molecule has 70 valence electrons. The van der Waals surface area contributed by atoms with Gasteiger partial charge in [-0.25, -0.2) is 0 Å². The van der Waals surface area contributed by atoms with Crippen molar-refractivity contribution in [3.05, 3.63) is 28.0 Å². The molecular formula is C11H15NS. The Hall–Kier alpha value is -0.600. The van der Waals surface area contributed by atoms with Crippen LogP contribution < -0.4 is 5.32 Å². The second-order valence-electron chi connectivity index (χ2n) is 3.53. The molecule has 1 saturated heterocycles. The van der Waals surface area contributed by atoms with Gasteiger partial charge < -0.3 is 5.32 Å². The Balaban J connectivity index is 2.00. The molecule has 0 spiro atoms. The Labute approximate surface area is 83.5 Å². The van der Waals surface area contributed by atoms with Crippen LogP contribution in [0.4, 0.5) is 0 Å². The van der Waals surface area contributed by atoms with Crippen LogP contribution in [0.3, 0.4) is 0 Å². The van der Waals surface area contributed by atoms with Gasteiger partial charge in [0.15, 0.2) is 0 Å². The Morgan fingerprint density at radius 1 is 1.62 bits per heavy atom. The lowest BCUT2D eigenvalue weighted by Crippen LogP contribution is -2.17. The second-order valence-corrected chi connectivity index (χ2v) is 4.48. The highest BCUT2D eigenvalue weighted by molar-refractivity contribution is 7.11. The predicted molar refractivity (Wildman–Crippen MR) is 59.1 cm³/mol. The van der Waals surface area contributed by atoms with Crippen molar-refractivity contribution in [3.8, 4) is 0 Å². The average Bonchev–Trinajstić information content (AvgIpc) is 2.72. The lowest BCUT2D eigenvalue weighted by Gasteiger charge is -2.01. The van der Waals surface area contributed by atoms with Crippen molar-refractivity contribution in [2.45, 2.75) is 25.8 Å². The summed E-state index contributed by atoms with van der Waals surface area (Å²) in [7, 11) is 0. The van der Waals surface area contributed by atoms with E-state index in [0.717, 1.165) is 0 Å². The van der Waals surface area contributed by atoms with E-state index in [1.165, 1.54) is 29.8 Å². The van der Waals surface area contributed by atoms with Gasteiger partial charge in [0.05, 0.1) is 0 Å². The predicted octanol–water partition coefficient (Wildman–Crippen LogP) is 2.82. The van der Waals surface area contributed by atoms with Crippen LogP contribution in [0.5, 0.6) is 0 Å². The SMILES string of the molecule is Cc1ccsc1/C=C/C1CCCN1. The van der Waals surface area contributed by atoms with Gasteiger partial charge in [0.1, 0.15) is 0 Å². The molecule has 0 amide bonds. The van der Waals surface area contributed by atoms with Crippen LogP contribution in [-0.2, 0) is 0 Å². The third-order valence-corrected chi connectivity index (χ3v) is 3.46. The molecule has 1 aromatic heterocycles. The molecule has 1 fully saturated rings. The fraction of sp³-hybridized carbons (Fsp3) is 0.455. The highest BCUT2D eigenvalue weighted by Crippen LogP contribution is 2.18. The molecule has 1 unspecified atom stereocenters. The first kappa shape index (κ1) is 8.97. The number of thiophene rings is 1. The molecule has 13 heavy (non-hydrogen) atoms. The summed E-state index contributed by atoms with van der Waals surface area (Å²) in [6.45, 7) is 3.34. The number of rotatable bonds is 2. The molecule has 0 radical (unpaired) electrons. The summed E-state index contributed by atoms with van der Waals surface area (Å²) in [4.78, 5) is 1.40. The monoisotopic (exact) mass is 193 g/mol. The zero-order valence-corrected chi connectivity index (χ0v) is 8.73. The van der Waals surface area contributed by atoms with E-state index in [0.29, 0.717) is 6.04 Å². The molecule has 0 aromatic carbocycles. The lowest BCUT2D eigenvalue weighted by molar-refractivity contribution is 0.730. The maximum Gasteiger partial charge on any atom is 0.0296 e. The lowest BCUT2D eigenvalue weighted by atomic mass is 10.2. The van der Waals surface area contributed by atoms with E-state index < -0.39 is 0 Å². The molecule has 0 saturated carbocycles. The van der Waals surface area contributed by atoms with Crippen LogP contribution in [-0.4, -0.2) is 12.6 Å². The molecule has 1 atom stereocenters. The first-order chi connectivity index (χ1) is 6.36. The summed E-state index contributed by atoms with van der Waals surface area (Å²) in [5.74, 6) is 0. The van der Waals surface area contributed by atoms with Gasteiger partial charge in [-0.15, -0.1) is 11.3 Å². The largest absolute Gasteiger partial charge is 0.311 e. The summed E-state index contributed by atoms with van der Waals surface area (Å²) in [6, 6.07) is 2.79. The van der Waals surface area contributed by atoms with Crippen molar-refractivity contribution in [1.29, 1.82) is 0 Å². The van der Waals surface area contributed by atoms with Crippen molar-refractivity contribution in [1.82, 2.24) is 5.32 Å². The standard InChI is InChI=1S/C11H15NS/c1-9-6-8-13-11(9)5-4-10-3-2-7-12-10/h4-6,8,10,12H,2-3,7H2,1H3/b5-4+. The Bertz CT molecular complexity index is 295. The first-order valence-electron chi connectivity index (χ1n) is 4.82. The second kappa shape index (κ2) is 4.07. The molecular weight excluding hydrogens is 178 g/mol. The normalized spacial score (nSPS) is 23.0. The van der Waals surface area contributed by atoms with Gasteiger partial charge in [-0.3, -0.25) is 0 Å². The summed E-state index contributed by atoms with van der Waals surface area (Å²) in [5, 5.41) is 5.61. The molecule has 1 N–H and O–H groups in total. The third kappa shape index (κ3) is 2.20. The van der Waals surface area contributed by atoms with Crippen LogP contribution in [0.2, 0.25) is 0 Å². The summed E-state index contributed by atoms with van der Waals surface area (Å²) in [6.07, 6.45) is 7.16. The third-order valence-electron chi connectivity index (χ3n) is 2.48. The number of hydrogen-bond donors (Lipinski definition) is 1. The highest BCUT2D eigenvalue weighted by atomic mass is 32.1. The van der Waals surface area contributed by atoms with Gasteiger partial charge in [-0.05, 0) is 49.4 Å². The topological polar surface area (TPSA) is 12.0 Å². The van der Waals surface area contributed by atoms with E-state index in [1.807, 2.05) is 11.3 Å². The minimum Gasteiger partial charge on any atom is -0.311 e. The maximum atomic E-state index is 3.46. The zero-order chi connectivity index (χ0) is 9.10. The van der Waals surface area contributed by atoms with Crippen LogP contribution in [0.1, 0.15) is 23.3 Å². The molecule has 2 heteroatoms. The van der Waals surface area contributed by atoms with E-state index in [-0.39, 0.29) is 0 Å². The fourth-order valence-corrected chi connectivity index (χ4v) is 2.46. The molecule has 1 aliphatic rings. The Kier molecular flexibility index (Phi) is 2.81. The minimum absolute atomic E-state index is 0.612. The molecule has 1 nitrogen and oxygen atoms in total. The molecule has 2 heterocycles. The molecule has 0 bridgehead atoms. The molecule has 2 rings (SSSR count). The van der Waals surface area contributed by atoms with Crippen LogP contribution in [0.25, 0.3) is 6.08 Å². The first-order valence-corrected chi connectivity index (χ1v) is 5.70. The van der Waals surface area contributed by atoms with E-state index in [9.17, 15) is 0 Å². The number of aryl methyl sites for hydroxylation is 1. The minimum atomic E-state index is 0.612. The van der Waals surface area contributed by atoms with E-state index in [4.69, 9.17) is 0 Å². The maximum absolute atomic E-state index is 3.46. The fourth-order valence-electron chi connectivity index (χ4n) is 1.63. The van der Waals surface area contributed by atoms with E-state index >= 15 is 0 Å². The van der Waals surface area contributed by atoms with E-state index in [1.54, 1.807) is 0 Å². The highest BCUT2D eigenvalue weighted by Gasteiger charge is 2.09. The Morgan fingerprint density at radius 2 is 2.54 bits per heavy atom. The quantitative estimate of drug-likeness (QED) is 0.761. The number of nitrogens with one attached hydrogen (secondary N) is 1. The summed E-state index contributed by atoms with van der Waals surface area (Å²) < 4.78 is 0. The molecule has 0 aliphatic carbocycles. The van der Waals surface area contributed by atoms with Crippen molar-refractivity contribution < 1.29 is 0 Å². The van der Waals surface area contributed by atoms with Crippen LogP contribution >= 0.6 is 11.3 Å². The zero-order valence-electron chi connectivity index (χ0n) is 7.92.